The monoisotopic (exact) mass is 174 g/mol. The number of rotatable bonds is 7. The Morgan fingerprint density at radius 2 is 1.33 bits per heavy atom. The second-order valence-corrected chi connectivity index (χ2v) is 2.05. The van der Waals surface area contributed by atoms with Crippen LogP contribution in [0.4, 0.5) is 0 Å². The lowest BCUT2D eigenvalue weighted by atomic mass is 10.2. The molecule has 0 saturated carbocycles. The summed E-state index contributed by atoms with van der Waals surface area (Å²) in [7, 11) is 0. The first-order valence-electron chi connectivity index (χ1n) is 3.54. The van der Waals surface area contributed by atoms with Crippen molar-refractivity contribution >= 4 is 0 Å². The molecule has 0 aliphatic rings. The average molecular weight is 174 g/mol. The third-order valence-electron chi connectivity index (χ3n) is 1.32. The Morgan fingerprint density at radius 1 is 1.00 bits per heavy atom. The molecule has 0 rings (SSSR count). The Morgan fingerprint density at radius 3 is 1.50 bits per heavy atom. The zero-order chi connectivity index (χ0) is 9.40. The van der Waals surface area contributed by atoms with E-state index in [0.29, 0.717) is 0 Å². The van der Waals surface area contributed by atoms with Gasteiger partial charge in [-0.2, -0.15) is 0 Å². The summed E-state index contributed by atoms with van der Waals surface area (Å²) in [6.07, 6.45) is 1.17. The van der Waals surface area contributed by atoms with Crippen molar-refractivity contribution in [2.24, 2.45) is 0 Å². The van der Waals surface area contributed by atoms with Crippen LogP contribution in [0, 0.1) is 0 Å². The molecule has 2 N–H and O–H groups in total. The van der Waals surface area contributed by atoms with E-state index < -0.39 is 12.2 Å². The maximum absolute atomic E-state index is 8.79. The minimum atomic E-state index is -0.606. The SMILES string of the molecule is C=CO[C@@H](CO)[C@@H](CO)OC=C. The van der Waals surface area contributed by atoms with Gasteiger partial charge in [-0.05, 0) is 0 Å². The fourth-order valence-corrected chi connectivity index (χ4v) is 0.744. The Labute approximate surface area is 71.7 Å². The molecule has 70 valence electrons. The van der Waals surface area contributed by atoms with E-state index in [2.05, 4.69) is 13.2 Å². The molecule has 0 aromatic rings. The number of ether oxygens (including phenoxy) is 2. The van der Waals surface area contributed by atoms with Gasteiger partial charge in [0.2, 0.25) is 0 Å². The van der Waals surface area contributed by atoms with Crippen molar-refractivity contribution in [1.82, 2.24) is 0 Å². The van der Waals surface area contributed by atoms with Crippen LogP contribution in [0.3, 0.4) is 0 Å². The van der Waals surface area contributed by atoms with Gasteiger partial charge in [0.1, 0.15) is 0 Å². The molecule has 0 saturated heterocycles. The van der Waals surface area contributed by atoms with Gasteiger partial charge in [0, 0.05) is 0 Å². The van der Waals surface area contributed by atoms with Crippen molar-refractivity contribution in [3.8, 4) is 0 Å². The summed E-state index contributed by atoms with van der Waals surface area (Å²) in [4.78, 5) is 0. The van der Waals surface area contributed by atoms with Crippen LogP contribution in [0.1, 0.15) is 0 Å². The molecule has 0 amide bonds. The largest absolute Gasteiger partial charge is 0.492 e. The lowest BCUT2D eigenvalue weighted by Crippen LogP contribution is -2.35. The van der Waals surface area contributed by atoms with Crippen LogP contribution >= 0.6 is 0 Å². The van der Waals surface area contributed by atoms with Gasteiger partial charge in [0.15, 0.2) is 12.2 Å². The van der Waals surface area contributed by atoms with E-state index in [-0.39, 0.29) is 13.2 Å². The highest BCUT2D eigenvalue weighted by molar-refractivity contribution is 4.74. The lowest BCUT2D eigenvalue weighted by molar-refractivity contribution is -0.0516. The molecule has 4 nitrogen and oxygen atoms in total. The summed E-state index contributed by atoms with van der Waals surface area (Å²) in [6.45, 7) is 6.17. The molecule has 0 radical (unpaired) electrons. The first-order chi connectivity index (χ1) is 5.79. The number of aliphatic hydroxyl groups is 2. The first kappa shape index (κ1) is 11.0. The van der Waals surface area contributed by atoms with E-state index in [1.54, 1.807) is 0 Å². The standard InChI is InChI=1S/C8H14O4/c1-3-11-7(5-9)8(6-10)12-4-2/h3-4,7-10H,1-2,5-6H2/t7-,8+. The molecule has 0 aliphatic heterocycles. The first-order valence-corrected chi connectivity index (χ1v) is 3.54. The average Bonchev–Trinajstić information content (AvgIpc) is 2.11. The van der Waals surface area contributed by atoms with Gasteiger partial charge < -0.3 is 19.7 Å². The van der Waals surface area contributed by atoms with Crippen molar-refractivity contribution in [2.45, 2.75) is 12.2 Å². The number of hydrogen-bond acceptors (Lipinski definition) is 4. The molecule has 0 bridgehead atoms. The number of aliphatic hydroxyl groups excluding tert-OH is 2. The molecule has 0 spiro atoms. The maximum Gasteiger partial charge on any atom is 0.160 e. The summed E-state index contributed by atoms with van der Waals surface area (Å²) in [5.41, 5.74) is 0. The quantitative estimate of drug-likeness (QED) is 0.534. The molecule has 0 heterocycles. The van der Waals surface area contributed by atoms with E-state index in [9.17, 15) is 0 Å². The molecule has 12 heavy (non-hydrogen) atoms. The molecule has 0 unspecified atom stereocenters. The smallest absolute Gasteiger partial charge is 0.160 e. The van der Waals surface area contributed by atoms with E-state index in [4.69, 9.17) is 19.7 Å². The van der Waals surface area contributed by atoms with Gasteiger partial charge in [0.25, 0.3) is 0 Å². The van der Waals surface area contributed by atoms with Gasteiger partial charge in [0.05, 0.1) is 25.7 Å². The van der Waals surface area contributed by atoms with Crippen LogP contribution in [0.15, 0.2) is 25.7 Å². The normalized spacial score (nSPS) is 14.5. The maximum atomic E-state index is 8.79. The predicted molar refractivity (Wildman–Crippen MR) is 44.3 cm³/mol. The molecule has 0 aromatic carbocycles. The summed E-state index contributed by atoms with van der Waals surface area (Å²) in [6, 6.07) is 0. The highest BCUT2D eigenvalue weighted by atomic mass is 16.5. The van der Waals surface area contributed by atoms with Gasteiger partial charge in [-0.25, -0.2) is 0 Å². The summed E-state index contributed by atoms with van der Waals surface area (Å²) < 4.78 is 9.76. The van der Waals surface area contributed by atoms with Gasteiger partial charge in [-0.1, -0.05) is 13.2 Å². The second-order valence-electron chi connectivity index (χ2n) is 2.05. The summed E-state index contributed by atoms with van der Waals surface area (Å²) >= 11 is 0. The highest BCUT2D eigenvalue weighted by Crippen LogP contribution is 2.03. The van der Waals surface area contributed by atoms with Gasteiger partial charge in [-0.15, -0.1) is 0 Å². The molecule has 0 aromatic heterocycles. The van der Waals surface area contributed by atoms with E-state index in [1.807, 2.05) is 0 Å². The van der Waals surface area contributed by atoms with Crippen molar-refractivity contribution < 1.29 is 19.7 Å². The van der Waals surface area contributed by atoms with E-state index in [0.717, 1.165) is 0 Å². The molecular formula is C8H14O4. The van der Waals surface area contributed by atoms with Crippen LogP contribution < -0.4 is 0 Å². The predicted octanol–water partition coefficient (Wildman–Crippen LogP) is 0.0284. The van der Waals surface area contributed by atoms with Crippen LogP contribution in [0.2, 0.25) is 0 Å². The fourth-order valence-electron chi connectivity index (χ4n) is 0.744. The third kappa shape index (κ3) is 3.41. The van der Waals surface area contributed by atoms with Crippen molar-refractivity contribution in [1.29, 1.82) is 0 Å². The fraction of sp³-hybridized carbons (Fsp3) is 0.500. The zero-order valence-corrected chi connectivity index (χ0v) is 6.85. The van der Waals surface area contributed by atoms with E-state index >= 15 is 0 Å². The zero-order valence-electron chi connectivity index (χ0n) is 6.85. The van der Waals surface area contributed by atoms with Crippen molar-refractivity contribution in [3.05, 3.63) is 25.7 Å². The van der Waals surface area contributed by atoms with Gasteiger partial charge in [-0.3, -0.25) is 0 Å². The Balaban J connectivity index is 4.00. The van der Waals surface area contributed by atoms with Gasteiger partial charge >= 0.3 is 0 Å². The minimum absolute atomic E-state index is 0.245. The topological polar surface area (TPSA) is 58.9 Å². The Hall–Kier alpha value is -1.00. The van der Waals surface area contributed by atoms with E-state index in [1.165, 1.54) is 12.5 Å². The summed E-state index contributed by atoms with van der Waals surface area (Å²) in [5.74, 6) is 0. The Bertz CT molecular complexity index is 119. The molecular weight excluding hydrogens is 160 g/mol. The van der Waals surface area contributed by atoms with Crippen LogP contribution in [0.5, 0.6) is 0 Å². The van der Waals surface area contributed by atoms with Crippen LogP contribution in [-0.4, -0.2) is 35.6 Å². The highest BCUT2D eigenvalue weighted by Gasteiger charge is 2.20. The van der Waals surface area contributed by atoms with Crippen LogP contribution in [-0.2, 0) is 9.47 Å². The summed E-state index contributed by atoms with van der Waals surface area (Å²) in [5, 5.41) is 17.6. The molecule has 0 aliphatic carbocycles. The van der Waals surface area contributed by atoms with Crippen molar-refractivity contribution in [3.63, 3.8) is 0 Å². The molecule has 2 atom stereocenters. The van der Waals surface area contributed by atoms with Crippen LogP contribution in [0.25, 0.3) is 0 Å². The lowest BCUT2D eigenvalue weighted by Gasteiger charge is -2.22. The second kappa shape index (κ2) is 6.69. The third-order valence-corrected chi connectivity index (χ3v) is 1.32. The van der Waals surface area contributed by atoms with Crippen molar-refractivity contribution in [2.75, 3.05) is 13.2 Å². The number of hydrogen-bond donors (Lipinski definition) is 2. The molecule has 0 fully saturated rings. The minimum Gasteiger partial charge on any atom is -0.492 e. The molecule has 4 heteroatoms. The Kier molecular flexibility index (Phi) is 6.14.